The summed E-state index contributed by atoms with van der Waals surface area (Å²) in [4.78, 5) is 28.7. The molecule has 0 aromatic heterocycles. The zero-order chi connectivity index (χ0) is 21.6. The lowest BCUT2D eigenvalue weighted by molar-refractivity contribution is -0.130. The molecule has 2 aliphatic rings. The Morgan fingerprint density at radius 3 is 2.42 bits per heavy atom. The zero-order valence-corrected chi connectivity index (χ0v) is 18.1. The van der Waals surface area contributed by atoms with E-state index in [-0.39, 0.29) is 23.9 Å². The number of urea groups is 1. The minimum Gasteiger partial charge on any atom is -0.370 e. The first kappa shape index (κ1) is 21.6. The number of benzene rings is 2. The van der Waals surface area contributed by atoms with Crippen LogP contribution in [0.3, 0.4) is 0 Å². The zero-order valence-electron chi connectivity index (χ0n) is 17.3. The van der Waals surface area contributed by atoms with E-state index in [1.807, 2.05) is 40.9 Å². The Bertz CT molecular complexity index is 901. The molecule has 0 aliphatic carbocycles. The topological polar surface area (TPSA) is 61.9 Å². The van der Waals surface area contributed by atoms with Gasteiger partial charge >= 0.3 is 6.03 Å². The third kappa shape index (κ3) is 5.77. The number of amides is 3. The predicted molar refractivity (Wildman–Crippen MR) is 120 cm³/mol. The number of morpholine rings is 1. The number of carbonyl (C=O) groups excluding carboxylic acids is 2. The summed E-state index contributed by atoms with van der Waals surface area (Å²) in [6.07, 6.45) is 0.100. The minimum atomic E-state index is -0.297. The first-order valence-corrected chi connectivity index (χ1v) is 11.6. The lowest BCUT2D eigenvalue weighted by Gasteiger charge is -2.33. The van der Waals surface area contributed by atoms with Crippen molar-refractivity contribution in [2.45, 2.75) is 12.5 Å². The van der Waals surface area contributed by atoms with Gasteiger partial charge in [-0.2, -0.15) is 11.8 Å². The number of anilines is 1. The number of rotatable bonds is 4. The SMILES string of the molecule is O=C(Cc1ccc(NC(=O)N2CCOC(c3ccc(F)cc3)C2)cc1)N1CCSCC1. The average molecular weight is 444 g/mol. The molecule has 164 valence electrons. The Morgan fingerprint density at radius 1 is 1.00 bits per heavy atom. The van der Waals surface area contributed by atoms with Gasteiger partial charge in [0.05, 0.1) is 19.6 Å². The maximum atomic E-state index is 13.2. The largest absolute Gasteiger partial charge is 0.370 e. The Morgan fingerprint density at radius 2 is 1.71 bits per heavy atom. The van der Waals surface area contributed by atoms with E-state index in [1.165, 1.54) is 12.1 Å². The second-order valence-electron chi connectivity index (χ2n) is 7.65. The van der Waals surface area contributed by atoms with E-state index in [2.05, 4.69) is 5.32 Å². The van der Waals surface area contributed by atoms with Gasteiger partial charge in [0.2, 0.25) is 5.91 Å². The van der Waals surface area contributed by atoms with Crippen molar-refractivity contribution in [1.29, 1.82) is 0 Å². The smallest absolute Gasteiger partial charge is 0.322 e. The van der Waals surface area contributed by atoms with Gasteiger partial charge in [-0.05, 0) is 35.4 Å². The van der Waals surface area contributed by atoms with Gasteiger partial charge in [-0.3, -0.25) is 4.79 Å². The number of carbonyl (C=O) groups is 2. The molecule has 0 radical (unpaired) electrons. The molecule has 1 atom stereocenters. The van der Waals surface area contributed by atoms with Gasteiger partial charge in [-0.1, -0.05) is 24.3 Å². The van der Waals surface area contributed by atoms with Crippen molar-refractivity contribution in [3.8, 4) is 0 Å². The van der Waals surface area contributed by atoms with Crippen molar-refractivity contribution in [2.75, 3.05) is 49.6 Å². The highest BCUT2D eigenvalue weighted by Crippen LogP contribution is 2.23. The summed E-state index contributed by atoms with van der Waals surface area (Å²) in [5, 5.41) is 2.91. The van der Waals surface area contributed by atoms with Crippen molar-refractivity contribution in [2.24, 2.45) is 0 Å². The molecule has 1 N–H and O–H groups in total. The highest BCUT2D eigenvalue weighted by Gasteiger charge is 2.25. The van der Waals surface area contributed by atoms with E-state index in [9.17, 15) is 14.0 Å². The molecular formula is C23H26FN3O3S. The molecule has 2 fully saturated rings. The molecule has 3 amide bonds. The molecule has 2 aromatic rings. The Labute approximate surface area is 185 Å². The fraction of sp³-hybridized carbons (Fsp3) is 0.391. The fourth-order valence-corrected chi connectivity index (χ4v) is 4.62. The lowest BCUT2D eigenvalue weighted by atomic mass is 10.1. The van der Waals surface area contributed by atoms with Crippen LogP contribution in [0.1, 0.15) is 17.2 Å². The van der Waals surface area contributed by atoms with Crippen LogP contribution in [0.25, 0.3) is 0 Å². The molecule has 2 aromatic carbocycles. The molecule has 6 nitrogen and oxygen atoms in total. The molecule has 8 heteroatoms. The molecule has 2 aliphatic heterocycles. The van der Waals surface area contributed by atoms with Crippen LogP contribution in [0.15, 0.2) is 48.5 Å². The summed E-state index contributed by atoms with van der Waals surface area (Å²) >= 11 is 1.88. The molecule has 0 bridgehead atoms. The first-order valence-electron chi connectivity index (χ1n) is 10.5. The van der Waals surface area contributed by atoms with Gasteiger partial charge < -0.3 is 19.9 Å². The van der Waals surface area contributed by atoms with Crippen molar-refractivity contribution in [3.63, 3.8) is 0 Å². The summed E-state index contributed by atoms with van der Waals surface area (Å²) in [5.41, 5.74) is 2.46. The third-order valence-electron chi connectivity index (χ3n) is 5.52. The second kappa shape index (κ2) is 10.2. The van der Waals surface area contributed by atoms with Gasteiger partial charge in [-0.15, -0.1) is 0 Å². The number of hydrogen-bond donors (Lipinski definition) is 1. The van der Waals surface area contributed by atoms with Crippen LogP contribution in [-0.2, 0) is 16.0 Å². The van der Waals surface area contributed by atoms with Crippen LogP contribution in [0.4, 0.5) is 14.9 Å². The highest BCUT2D eigenvalue weighted by atomic mass is 32.2. The summed E-state index contributed by atoms with van der Waals surface area (Å²) in [7, 11) is 0. The third-order valence-corrected chi connectivity index (χ3v) is 6.46. The summed E-state index contributed by atoms with van der Waals surface area (Å²) in [6, 6.07) is 13.4. The maximum Gasteiger partial charge on any atom is 0.322 e. The molecule has 4 rings (SSSR count). The van der Waals surface area contributed by atoms with Crippen LogP contribution in [0, 0.1) is 5.82 Å². The van der Waals surface area contributed by atoms with Crippen LogP contribution in [0.2, 0.25) is 0 Å². The van der Waals surface area contributed by atoms with Crippen molar-refractivity contribution < 1.29 is 18.7 Å². The predicted octanol–water partition coefficient (Wildman–Crippen LogP) is 3.55. The minimum absolute atomic E-state index is 0.150. The molecule has 2 heterocycles. The number of hydrogen-bond acceptors (Lipinski definition) is 4. The van der Waals surface area contributed by atoms with E-state index in [4.69, 9.17) is 4.74 Å². The van der Waals surface area contributed by atoms with E-state index >= 15 is 0 Å². The van der Waals surface area contributed by atoms with Crippen LogP contribution < -0.4 is 5.32 Å². The maximum absolute atomic E-state index is 13.2. The molecule has 0 spiro atoms. The molecule has 1 unspecified atom stereocenters. The average Bonchev–Trinajstić information content (AvgIpc) is 2.81. The quantitative estimate of drug-likeness (QED) is 0.785. The first-order chi connectivity index (χ1) is 15.1. The van der Waals surface area contributed by atoms with Crippen LogP contribution in [-0.4, -0.2) is 66.0 Å². The standard InChI is InChI=1S/C23H26FN3O3S/c24-19-5-3-18(4-6-19)21-16-27(9-12-30-21)23(29)25-20-7-1-17(2-8-20)15-22(28)26-10-13-31-14-11-26/h1-8,21H,9-16H2,(H,25,29). The van der Waals surface area contributed by atoms with Crippen molar-refractivity contribution in [3.05, 3.63) is 65.5 Å². The van der Waals surface area contributed by atoms with Crippen LogP contribution in [0.5, 0.6) is 0 Å². The fourth-order valence-electron chi connectivity index (χ4n) is 3.72. The van der Waals surface area contributed by atoms with E-state index < -0.39 is 0 Å². The number of nitrogens with zero attached hydrogens (tertiary/aromatic N) is 2. The lowest BCUT2D eigenvalue weighted by Crippen LogP contribution is -2.44. The number of nitrogens with one attached hydrogen (secondary N) is 1. The van der Waals surface area contributed by atoms with E-state index in [1.54, 1.807) is 17.0 Å². The van der Waals surface area contributed by atoms with Gasteiger partial charge in [-0.25, -0.2) is 9.18 Å². The summed E-state index contributed by atoms with van der Waals surface area (Å²) in [5.74, 6) is 1.85. The van der Waals surface area contributed by atoms with Crippen molar-refractivity contribution >= 4 is 29.4 Å². The molecule has 2 saturated heterocycles. The summed E-state index contributed by atoms with van der Waals surface area (Å²) < 4.78 is 18.9. The number of thioether (sulfide) groups is 1. The van der Waals surface area contributed by atoms with Crippen LogP contribution >= 0.6 is 11.8 Å². The molecule has 0 saturated carbocycles. The monoisotopic (exact) mass is 443 g/mol. The van der Waals surface area contributed by atoms with Gasteiger partial charge in [0.25, 0.3) is 0 Å². The van der Waals surface area contributed by atoms with Gasteiger partial charge in [0.15, 0.2) is 0 Å². The van der Waals surface area contributed by atoms with Gasteiger partial charge in [0, 0.05) is 36.8 Å². The normalized spacial score (nSPS) is 19.2. The summed E-state index contributed by atoms with van der Waals surface area (Å²) in [6.45, 7) is 2.94. The molecule has 31 heavy (non-hydrogen) atoms. The Hall–Kier alpha value is -2.58. The second-order valence-corrected chi connectivity index (χ2v) is 8.88. The van der Waals surface area contributed by atoms with Crippen molar-refractivity contribution in [1.82, 2.24) is 9.80 Å². The van der Waals surface area contributed by atoms with E-state index in [0.29, 0.717) is 31.8 Å². The van der Waals surface area contributed by atoms with E-state index in [0.717, 1.165) is 35.7 Å². The Kier molecular flexibility index (Phi) is 7.09. The number of halogens is 1. The highest BCUT2D eigenvalue weighted by molar-refractivity contribution is 7.99. The number of ether oxygens (including phenoxy) is 1. The molecular weight excluding hydrogens is 417 g/mol. The Balaban J connectivity index is 1.30. The van der Waals surface area contributed by atoms with Gasteiger partial charge in [0.1, 0.15) is 11.9 Å².